The van der Waals surface area contributed by atoms with Gasteiger partial charge in [0.15, 0.2) is 0 Å². The van der Waals surface area contributed by atoms with Crippen molar-refractivity contribution in [2.45, 2.75) is 20.8 Å². The zero-order valence-corrected chi connectivity index (χ0v) is 18.8. The second-order valence-electron chi connectivity index (χ2n) is 4.57. The number of amides is 1. The maximum Gasteiger partial charge on any atom is 0.433 e. The molecule has 13 heteroatoms. The van der Waals surface area contributed by atoms with E-state index in [4.69, 9.17) is 25.4 Å². The van der Waals surface area contributed by atoms with Crippen molar-refractivity contribution in [2.75, 3.05) is 26.5 Å². The lowest BCUT2D eigenvalue weighted by Gasteiger charge is -2.20. The Bertz CT molecular complexity index is 691. The van der Waals surface area contributed by atoms with Gasteiger partial charge in [0, 0.05) is 31.0 Å². The van der Waals surface area contributed by atoms with Gasteiger partial charge >= 0.3 is 12.8 Å². The van der Waals surface area contributed by atoms with Gasteiger partial charge in [0.2, 0.25) is 0 Å². The Morgan fingerprint density at radius 1 is 1.29 bits per heavy atom. The molecule has 0 spiro atoms. The summed E-state index contributed by atoms with van der Waals surface area (Å²) in [6, 6.07) is 5.62. The van der Waals surface area contributed by atoms with Gasteiger partial charge in [-0.1, -0.05) is 5.16 Å². The van der Waals surface area contributed by atoms with Crippen LogP contribution in [0.2, 0.25) is 0 Å². The smallest absolute Gasteiger partial charge is 0.424 e. The summed E-state index contributed by atoms with van der Waals surface area (Å²) in [5, 5.41) is 17.0. The van der Waals surface area contributed by atoms with E-state index in [1.165, 1.54) is 43.1 Å². The normalized spacial score (nSPS) is 11.1. The fourth-order valence-corrected chi connectivity index (χ4v) is 3.55. The lowest BCUT2D eigenvalue weighted by Crippen LogP contribution is -2.16. The molecule has 1 aromatic rings. The van der Waals surface area contributed by atoms with E-state index in [2.05, 4.69) is 15.3 Å². The molecule has 0 saturated carbocycles. The third kappa shape index (κ3) is 11.2. The van der Waals surface area contributed by atoms with Gasteiger partial charge in [-0.15, -0.1) is 11.8 Å². The average Bonchev–Trinajstić information content (AvgIpc) is 2.66. The predicted molar refractivity (Wildman–Crippen MR) is 113 cm³/mol. The van der Waals surface area contributed by atoms with Gasteiger partial charge in [-0.25, -0.2) is 4.79 Å². The van der Waals surface area contributed by atoms with Crippen molar-refractivity contribution in [3.05, 3.63) is 34.4 Å². The molecule has 1 N–H and O–H groups in total. The molecule has 0 unspecified atom stereocenters. The van der Waals surface area contributed by atoms with Crippen LogP contribution in [0.25, 0.3) is 0 Å². The molecule has 0 aliphatic heterocycles. The van der Waals surface area contributed by atoms with Crippen molar-refractivity contribution in [1.82, 2.24) is 5.32 Å². The standard InChI is InChI=1S/C10H14NO5PS.C5H10N2O2S/c1-3-14-17(18,15-4-2)16-10-7-5-9(6-8-10)11(12)13;1-4(10-3)7-9-5(8)6-2/h5-8H,3-4H2,1-2H3;1-3H3,(H,6,8)/b;7-4+. The van der Waals surface area contributed by atoms with Gasteiger partial charge in [-0.3, -0.25) is 24.0 Å². The summed E-state index contributed by atoms with van der Waals surface area (Å²) in [4.78, 5) is 24.8. The van der Waals surface area contributed by atoms with Crippen LogP contribution in [0.15, 0.2) is 29.4 Å². The van der Waals surface area contributed by atoms with Gasteiger partial charge in [-0.05, 0) is 39.2 Å². The minimum atomic E-state index is -2.82. The van der Waals surface area contributed by atoms with Crippen molar-refractivity contribution in [2.24, 2.45) is 5.16 Å². The zero-order valence-electron chi connectivity index (χ0n) is 16.2. The summed E-state index contributed by atoms with van der Waals surface area (Å²) in [5.74, 6) is 0.394. The Labute approximate surface area is 173 Å². The molecule has 158 valence electrons. The first-order valence-corrected chi connectivity index (χ1v) is 11.8. The first-order chi connectivity index (χ1) is 13.2. The van der Waals surface area contributed by atoms with E-state index < -0.39 is 17.7 Å². The number of carbonyl (C=O) groups excluding carboxylic acids is 1. The van der Waals surface area contributed by atoms with Gasteiger partial charge < -0.3 is 9.84 Å². The monoisotopic (exact) mass is 453 g/mol. The van der Waals surface area contributed by atoms with Crippen LogP contribution < -0.4 is 9.84 Å². The highest BCUT2D eigenvalue weighted by molar-refractivity contribution is 8.13. The van der Waals surface area contributed by atoms with Crippen LogP contribution in [0.3, 0.4) is 0 Å². The molecule has 1 amide bonds. The quantitative estimate of drug-likeness (QED) is 0.153. The summed E-state index contributed by atoms with van der Waals surface area (Å²) in [5.41, 5.74) is -0.0107. The number of nitrogens with zero attached hydrogens (tertiary/aromatic N) is 2. The zero-order chi connectivity index (χ0) is 21.6. The van der Waals surface area contributed by atoms with E-state index in [1.807, 2.05) is 6.26 Å². The first-order valence-electron chi connectivity index (χ1n) is 8.01. The number of rotatable bonds is 8. The lowest BCUT2D eigenvalue weighted by atomic mass is 10.3. The Morgan fingerprint density at radius 3 is 2.21 bits per heavy atom. The minimum absolute atomic E-state index is 0.0107. The number of non-ortho nitro benzene ring substituents is 1. The average molecular weight is 453 g/mol. The molecule has 1 aromatic carbocycles. The topological polar surface area (TPSA) is 122 Å². The van der Waals surface area contributed by atoms with Crippen molar-refractivity contribution in [3.8, 4) is 5.75 Å². The summed E-state index contributed by atoms with van der Waals surface area (Å²) in [6.07, 6.45) is 1.31. The number of hydrogen-bond donors (Lipinski definition) is 1. The van der Waals surface area contributed by atoms with E-state index in [0.29, 0.717) is 24.0 Å². The molecule has 0 heterocycles. The van der Waals surface area contributed by atoms with Crippen molar-refractivity contribution in [1.29, 1.82) is 0 Å². The fraction of sp³-hybridized carbons (Fsp3) is 0.467. The highest BCUT2D eigenvalue weighted by atomic mass is 32.5. The number of carbonyl (C=O) groups is 1. The minimum Gasteiger partial charge on any atom is -0.424 e. The van der Waals surface area contributed by atoms with E-state index in [-0.39, 0.29) is 5.69 Å². The van der Waals surface area contributed by atoms with Gasteiger partial charge in [0.1, 0.15) is 10.8 Å². The molecule has 0 radical (unpaired) electrons. The molecule has 1 rings (SSSR count). The number of benzene rings is 1. The number of thioether (sulfide) groups is 1. The van der Waals surface area contributed by atoms with Crippen LogP contribution in [0.4, 0.5) is 10.5 Å². The third-order valence-corrected chi connectivity index (χ3v) is 5.70. The van der Waals surface area contributed by atoms with Crippen LogP contribution in [-0.2, 0) is 25.7 Å². The summed E-state index contributed by atoms with van der Waals surface area (Å²) in [6.45, 7) is 3.28. The van der Waals surface area contributed by atoms with Crippen LogP contribution >= 0.6 is 18.5 Å². The van der Waals surface area contributed by atoms with Gasteiger partial charge in [0.05, 0.1) is 18.1 Å². The Kier molecular flexibility index (Phi) is 13.4. The Balaban J connectivity index is 0.000000621. The largest absolute Gasteiger partial charge is 0.433 e. The molecular formula is C15H24N3O7PS2. The van der Waals surface area contributed by atoms with Crippen molar-refractivity contribution in [3.63, 3.8) is 0 Å². The second kappa shape index (κ2) is 14.3. The maximum absolute atomic E-state index is 10.5. The number of nitro groups is 1. The number of hydrogen-bond acceptors (Lipinski definition) is 10. The summed E-state index contributed by atoms with van der Waals surface area (Å²) < 4.78 is 16.1. The SMILES string of the molecule is CCOP(=S)(OCC)Oc1ccc([N+](=O)[O-])cc1.CNC(=O)O/N=C(\C)SC. The molecule has 0 bridgehead atoms. The molecule has 0 fully saturated rings. The molecule has 0 aliphatic rings. The molecule has 0 aliphatic carbocycles. The number of nitro benzene ring substituents is 1. The third-order valence-electron chi connectivity index (χ3n) is 2.60. The maximum atomic E-state index is 10.5. The Morgan fingerprint density at radius 2 is 1.82 bits per heavy atom. The molecular weight excluding hydrogens is 429 g/mol. The first kappa shape index (κ1) is 26.3. The van der Waals surface area contributed by atoms with Crippen LogP contribution in [-0.4, -0.2) is 42.6 Å². The molecule has 0 aromatic heterocycles. The molecule has 10 nitrogen and oxygen atoms in total. The highest BCUT2D eigenvalue weighted by Gasteiger charge is 2.21. The fourth-order valence-electron chi connectivity index (χ4n) is 1.35. The highest BCUT2D eigenvalue weighted by Crippen LogP contribution is 2.49. The van der Waals surface area contributed by atoms with Crippen molar-refractivity contribution < 1.29 is 28.1 Å². The summed E-state index contributed by atoms with van der Waals surface area (Å²) >= 11 is 6.60. The molecule has 0 saturated heterocycles. The predicted octanol–water partition coefficient (Wildman–Crippen LogP) is 4.31. The summed E-state index contributed by atoms with van der Waals surface area (Å²) in [7, 11) is 1.48. The van der Waals surface area contributed by atoms with Crippen LogP contribution in [0.5, 0.6) is 5.75 Å². The van der Waals surface area contributed by atoms with Crippen LogP contribution in [0, 0.1) is 10.1 Å². The van der Waals surface area contributed by atoms with Crippen molar-refractivity contribution >= 4 is 47.1 Å². The van der Waals surface area contributed by atoms with Crippen LogP contribution in [0.1, 0.15) is 20.8 Å². The number of nitrogens with one attached hydrogen (secondary N) is 1. The van der Waals surface area contributed by atoms with Gasteiger partial charge in [0.25, 0.3) is 5.69 Å². The van der Waals surface area contributed by atoms with E-state index in [9.17, 15) is 14.9 Å². The Hall–Kier alpha value is -1.72. The molecule has 0 atom stereocenters. The second-order valence-corrected chi connectivity index (χ2v) is 8.50. The van der Waals surface area contributed by atoms with Gasteiger partial charge in [-0.2, -0.15) is 0 Å². The number of oxime groups is 1. The molecule has 28 heavy (non-hydrogen) atoms. The van der Waals surface area contributed by atoms with E-state index in [0.717, 1.165) is 0 Å². The lowest BCUT2D eigenvalue weighted by molar-refractivity contribution is -0.384. The van der Waals surface area contributed by atoms with E-state index >= 15 is 0 Å². The van der Waals surface area contributed by atoms with E-state index in [1.54, 1.807) is 20.8 Å².